The van der Waals surface area contributed by atoms with Crippen molar-refractivity contribution in [2.45, 2.75) is 64.4 Å². The van der Waals surface area contributed by atoms with Crippen molar-refractivity contribution in [2.75, 3.05) is 5.32 Å². The summed E-state index contributed by atoms with van der Waals surface area (Å²) in [5.41, 5.74) is 2.81. The normalized spacial score (nSPS) is 15.7. The van der Waals surface area contributed by atoms with Crippen LogP contribution in [-0.2, 0) is 10.2 Å². The zero-order valence-corrected chi connectivity index (χ0v) is 16.9. The highest BCUT2D eigenvalue weighted by atomic mass is 16.5. The maximum atomic E-state index is 13.4. The van der Waals surface area contributed by atoms with Crippen molar-refractivity contribution in [3.8, 4) is 11.8 Å². The van der Waals surface area contributed by atoms with E-state index >= 15 is 0 Å². The van der Waals surface area contributed by atoms with Crippen LogP contribution in [0.1, 0.15) is 62.6 Å². The largest absolute Gasteiger partial charge is 0.490 e. The number of hydrogen-bond acceptors (Lipinski definition) is 3. The summed E-state index contributed by atoms with van der Waals surface area (Å²) in [4.78, 5) is 13.4. The van der Waals surface area contributed by atoms with Crippen molar-refractivity contribution in [3.63, 3.8) is 0 Å². The molecular formula is C24H28N2O2. The molecule has 2 aromatic rings. The quantitative estimate of drug-likeness (QED) is 0.750. The number of hydrogen-bond donors (Lipinski definition) is 1. The lowest BCUT2D eigenvalue weighted by Gasteiger charge is -2.36. The molecule has 0 aliphatic heterocycles. The van der Waals surface area contributed by atoms with E-state index in [1.165, 1.54) is 6.42 Å². The van der Waals surface area contributed by atoms with Gasteiger partial charge in [-0.25, -0.2) is 0 Å². The van der Waals surface area contributed by atoms with Crippen LogP contribution in [-0.4, -0.2) is 12.0 Å². The summed E-state index contributed by atoms with van der Waals surface area (Å²) < 4.78 is 5.68. The van der Waals surface area contributed by atoms with Gasteiger partial charge in [0.2, 0.25) is 5.91 Å². The Morgan fingerprint density at radius 1 is 1.14 bits per heavy atom. The van der Waals surface area contributed by atoms with Crippen molar-refractivity contribution in [1.29, 1.82) is 5.26 Å². The molecule has 4 heteroatoms. The van der Waals surface area contributed by atoms with E-state index in [2.05, 4.69) is 36.5 Å². The molecule has 146 valence electrons. The third-order valence-electron chi connectivity index (χ3n) is 5.43. The summed E-state index contributed by atoms with van der Waals surface area (Å²) in [5, 5.41) is 12.5. The van der Waals surface area contributed by atoms with Crippen LogP contribution in [0.5, 0.6) is 5.75 Å². The average molecular weight is 377 g/mol. The molecule has 0 bridgehead atoms. The molecule has 1 fully saturated rings. The number of nitrogens with one attached hydrogen (secondary N) is 1. The Morgan fingerprint density at radius 3 is 2.54 bits per heavy atom. The first-order valence-electron chi connectivity index (χ1n) is 10.0. The van der Waals surface area contributed by atoms with Gasteiger partial charge in [0.1, 0.15) is 11.8 Å². The minimum absolute atomic E-state index is 0.0132. The summed E-state index contributed by atoms with van der Waals surface area (Å²) in [6, 6.07) is 15.7. The van der Waals surface area contributed by atoms with Crippen molar-refractivity contribution in [1.82, 2.24) is 0 Å². The third-order valence-corrected chi connectivity index (χ3v) is 5.43. The molecule has 4 nitrogen and oxygen atoms in total. The second kappa shape index (κ2) is 8.48. The van der Waals surface area contributed by atoms with E-state index in [1.807, 2.05) is 26.0 Å². The molecule has 0 heterocycles. The van der Waals surface area contributed by atoms with Gasteiger partial charge < -0.3 is 10.1 Å². The second-order valence-electron chi connectivity index (χ2n) is 7.96. The summed E-state index contributed by atoms with van der Waals surface area (Å²) in [5.74, 6) is 0.556. The topological polar surface area (TPSA) is 62.1 Å². The van der Waals surface area contributed by atoms with E-state index in [9.17, 15) is 10.1 Å². The van der Waals surface area contributed by atoms with Crippen LogP contribution in [0.2, 0.25) is 0 Å². The van der Waals surface area contributed by atoms with Gasteiger partial charge in [0.15, 0.2) is 0 Å². The number of ether oxygens (including phenoxy) is 1. The van der Waals surface area contributed by atoms with Gasteiger partial charge in [-0.05, 0) is 57.4 Å². The number of benzene rings is 2. The molecule has 1 N–H and O–H groups in total. The first-order valence-corrected chi connectivity index (χ1v) is 10.0. The molecule has 0 saturated heterocycles. The Morgan fingerprint density at radius 2 is 1.89 bits per heavy atom. The molecule has 2 aromatic carbocycles. The van der Waals surface area contributed by atoms with Gasteiger partial charge in [-0.15, -0.1) is 0 Å². The fourth-order valence-corrected chi connectivity index (χ4v) is 4.05. The third kappa shape index (κ3) is 4.20. The van der Waals surface area contributed by atoms with Crippen molar-refractivity contribution in [2.24, 2.45) is 0 Å². The lowest BCUT2D eigenvalue weighted by molar-refractivity contribution is -0.122. The first-order chi connectivity index (χ1) is 13.4. The molecule has 0 unspecified atom stereocenters. The predicted molar refractivity (Wildman–Crippen MR) is 111 cm³/mol. The average Bonchev–Trinajstić information content (AvgIpc) is 2.69. The molecule has 28 heavy (non-hydrogen) atoms. The number of nitrogens with zero attached hydrogens (tertiary/aromatic N) is 1. The molecule has 1 aliphatic carbocycles. The van der Waals surface area contributed by atoms with E-state index in [1.54, 1.807) is 12.1 Å². The highest BCUT2D eigenvalue weighted by Gasteiger charge is 2.41. The number of nitriles is 1. The van der Waals surface area contributed by atoms with Gasteiger partial charge in [-0.1, -0.05) is 49.1 Å². The molecule has 0 radical (unpaired) electrons. The van der Waals surface area contributed by atoms with Gasteiger partial charge in [0, 0.05) is 5.69 Å². The summed E-state index contributed by atoms with van der Waals surface area (Å²) in [7, 11) is 0. The fraction of sp³-hybridized carbons (Fsp3) is 0.417. The van der Waals surface area contributed by atoms with Crippen LogP contribution in [0, 0.1) is 18.3 Å². The van der Waals surface area contributed by atoms with Gasteiger partial charge in [0.25, 0.3) is 0 Å². The van der Waals surface area contributed by atoms with E-state index in [4.69, 9.17) is 4.74 Å². The summed E-state index contributed by atoms with van der Waals surface area (Å²) in [6.45, 7) is 5.90. The molecule has 0 aromatic heterocycles. The smallest absolute Gasteiger partial charge is 0.235 e. The second-order valence-corrected chi connectivity index (χ2v) is 7.96. The maximum absolute atomic E-state index is 13.4. The lowest BCUT2D eigenvalue weighted by atomic mass is 9.68. The molecule has 1 saturated carbocycles. The van der Waals surface area contributed by atoms with E-state index in [0.29, 0.717) is 17.0 Å². The van der Waals surface area contributed by atoms with Crippen LogP contribution in [0.25, 0.3) is 0 Å². The van der Waals surface area contributed by atoms with Crippen molar-refractivity contribution < 1.29 is 9.53 Å². The van der Waals surface area contributed by atoms with Crippen LogP contribution in [0.4, 0.5) is 5.69 Å². The Bertz CT molecular complexity index is 890. The Labute approximate surface area is 167 Å². The van der Waals surface area contributed by atoms with Gasteiger partial charge in [0.05, 0.1) is 17.1 Å². The van der Waals surface area contributed by atoms with Crippen LogP contribution >= 0.6 is 0 Å². The van der Waals surface area contributed by atoms with E-state index in [-0.39, 0.29) is 12.0 Å². The number of rotatable bonds is 5. The monoisotopic (exact) mass is 376 g/mol. The summed E-state index contributed by atoms with van der Waals surface area (Å²) in [6.07, 6.45) is 4.95. The zero-order valence-electron chi connectivity index (χ0n) is 16.9. The summed E-state index contributed by atoms with van der Waals surface area (Å²) >= 11 is 0. The Kier molecular flexibility index (Phi) is 6.04. The Hall–Kier alpha value is -2.80. The number of carbonyl (C=O) groups excluding carboxylic acids is 1. The van der Waals surface area contributed by atoms with Crippen LogP contribution in [0.15, 0.2) is 42.5 Å². The zero-order chi connectivity index (χ0) is 20.1. The fourth-order valence-electron chi connectivity index (χ4n) is 4.05. The van der Waals surface area contributed by atoms with Gasteiger partial charge in [-0.2, -0.15) is 5.26 Å². The number of aryl methyl sites for hydroxylation is 1. The van der Waals surface area contributed by atoms with Crippen molar-refractivity contribution >= 4 is 11.6 Å². The molecule has 1 amide bonds. The Balaban J connectivity index is 1.90. The molecule has 0 atom stereocenters. The highest BCUT2D eigenvalue weighted by molar-refractivity contribution is 5.99. The maximum Gasteiger partial charge on any atom is 0.235 e. The standard InChI is InChI=1S/C24H28N2O2/c1-17(2)28-22-11-10-21(15-19(22)16-25)26-23(27)24(12-5-4-6-13-24)20-9-7-8-18(3)14-20/h7-11,14-15,17H,4-6,12-13H2,1-3H3,(H,26,27). The molecule has 1 aliphatic rings. The van der Waals surface area contributed by atoms with Crippen LogP contribution < -0.4 is 10.1 Å². The van der Waals surface area contributed by atoms with Crippen LogP contribution in [0.3, 0.4) is 0 Å². The minimum Gasteiger partial charge on any atom is -0.490 e. The van der Waals surface area contributed by atoms with Gasteiger partial charge >= 0.3 is 0 Å². The van der Waals surface area contributed by atoms with E-state index < -0.39 is 5.41 Å². The highest BCUT2D eigenvalue weighted by Crippen LogP contribution is 2.41. The molecule has 3 rings (SSSR count). The lowest BCUT2D eigenvalue weighted by Crippen LogP contribution is -2.42. The SMILES string of the molecule is Cc1cccc(C2(C(=O)Nc3ccc(OC(C)C)c(C#N)c3)CCCCC2)c1. The molecular weight excluding hydrogens is 348 g/mol. The molecule has 0 spiro atoms. The van der Waals surface area contributed by atoms with Crippen molar-refractivity contribution in [3.05, 3.63) is 59.2 Å². The van der Waals surface area contributed by atoms with E-state index in [0.717, 1.165) is 36.8 Å². The number of anilines is 1. The first kappa shape index (κ1) is 19.9. The number of amides is 1. The predicted octanol–water partition coefficient (Wildman–Crippen LogP) is 5.49. The van der Waals surface area contributed by atoms with Gasteiger partial charge in [-0.3, -0.25) is 4.79 Å². The number of carbonyl (C=O) groups is 1. The minimum atomic E-state index is -0.510.